The van der Waals surface area contributed by atoms with Crippen LogP contribution in [0.15, 0.2) is 18.2 Å². The van der Waals surface area contributed by atoms with Gasteiger partial charge in [-0.15, -0.1) is 0 Å². The molecule has 0 N–H and O–H groups in total. The highest BCUT2D eigenvalue weighted by Crippen LogP contribution is 2.11. The minimum Gasteiger partial charge on any atom is -0.465 e. The molecule has 3 heteroatoms. The average Bonchev–Trinajstić information content (AvgIpc) is 2.29. The van der Waals surface area contributed by atoms with Gasteiger partial charge in [0.2, 0.25) is 0 Å². The lowest BCUT2D eigenvalue weighted by atomic mass is 10.0. The molecule has 0 fully saturated rings. The lowest BCUT2D eigenvalue weighted by Gasteiger charge is -2.01. The number of hydrogen-bond donors (Lipinski definition) is 0. The van der Waals surface area contributed by atoms with Crippen LogP contribution < -0.4 is 0 Å². The third-order valence-corrected chi connectivity index (χ3v) is 2.38. The number of benzene rings is 1. The second kappa shape index (κ2) is 6.61. The Kier molecular flexibility index (Phi) is 5.13. The van der Waals surface area contributed by atoms with E-state index >= 15 is 0 Å². The van der Waals surface area contributed by atoms with E-state index in [1.165, 1.54) is 6.92 Å². The quantitative estimate of drug-likeness (QED) is 0.466. The van der Waals surface area contributed by atoms with Crippen molar-refractivity contribution < 1.29 is 14.3 Å². The fourth-order valence-corrected chi connectivity index (χ4v) is 1.57. The van der Waals surface area contributed by atoms with Gasteiger partial charge in [-0.25, -0.2) is 0 Å². The molecule has 0 aliphatic heterocycles. The van der Waals surface area contributed by atoms with Crippen LogP contribution in [0.3, 0.4) is 0 Å². The predicted molar refractivity (Wildman–Crippen MR) is 69.3 cm³/mol. The summed E-state index contributed by atoms with van der Waals surface area (Å²) in [5.41, 5.74) is 2.39. The van der Waals surface area contributed by atoms with Crippen LogP contribution in [-0.4, -0.2) is 18.4 Å². The highest BCUT2D eigenvalue weighted by atomic mass is 16.5. The van der Waals surface area contributed by atoms with E-state index in [0.717, 1.165) is 11.1 Å². The minimum absolute atomic E-state index is 0.0403. The summed E-state index contributed by atoms with van der Waals surface area (Å²) >= 11 is 0. The Morgan fingerprint density at radius 1 is 1.33 bits per heavy atom. The molecular weight excluding hydrogens is 228 g/mol. The molecule has 18 heavy (non-hydrogen) atoms. The van der Waals surface area contributed by atoms with Gasteiger partial charge in [-0.05, 0) is 44.5 Å². The number of ether oxygens (including phenoxy) is 1. The smallest absolute Gasteiger partial charge is 0.317 e. The number of hydrogen-bond acceptors (Lipinski definition) is 3. The molecule has 0 spiro atoms. The van der Waals surface area contributed by atoms with Gasteiger partial charge in [0.05, 0.1) is 6.61 Å². The summed E-state index contributed by atoms with van der Waals surface area (Å²) in [6.45, 7) is 5.53. The fraction of sp³-hybridized carbons (Fsp3) is 0.333. The number of carbonyl (C=O) groups excluding carboxylic acids is 2. The van der Waals surface area contributed by atoms with Crippen LogP contribution >= 0.6 is 0 Å². The van der Waals surface area contributed by atoms with E-state index in [4.69, 9.17) is 4.74 Å². The van der Waals surface area contributed by atoms with Crippen molar-refractivity contribution in [3.63, 3.8) is 0 Å². The molecule has 1 aromatic rings. The minimum atomic E-state index is -0.318. The van der Waals surface area contributed by atoms with E-state index < -0.39 is 0 Å². The van der Waals surface area contributed by atoms with Crippen molar-refractivity contribution in [2.75, 3.05) is 6.61 Å². The largest absolute Gasteiger partial charge is 0.465 e. The summed E-state index contributed by atoms with van der Waals surface area (Å²) in [4.78, 5) is 22.3. The highest BCUT2D eigenvalue weighted by molar-refractivity contribution is 5.95. The molecule has 0 amide bonds. The molecule has 0 aromatic heterocycles. The normalized spacial score (nSPS) is 9.28. The molecule has 0 bridgehead atoms. The van der Waals surface area contributed by atoms with Crippen LogP contribution in [0.2, 0.25) is 0 Å². The molecule has 0 radical (unpaired) electrons. The molecule has 0 saturated heterocycles. The monoisotopic (exact) mass is 244 g/mol. The van der Waals surface area contributed by atoms with Crippen molar-refractivity contribution in [2.24, 2.45) is 0 Å². The molecule has 0 saturated carbocycles. The van der Waals surface area contributed by atoms with E-state index in [9.17, 15) is 9.59 Å². The molecule has 0 aliphatic rings. The Labute approximate surface area is 107 Å². The number of rotatable bonds is 3. The zero-order valence-electron chi connectivity index (χ0n) is 10.9. The maximum Gasteiger partial charge on any atom is 0.317 e. The van der Waals surface area contributed by atoms with Crippen molar-refractivity contribution in [2.45, 2.75) is 27.2 Å². The van der Waals surface area contributed by atoms with Crippen LogP contribution in [0.5, 0.6) is 0 Å². The molecular formula is C15H16O3. The number of ketones is 1. The summed E-state index contributed by atoms with van der Waals surface area (Å²) < 4.78 is 4.77. The van der Waals surface area contributed by atoms with Crippen LogP contribution in [0.1, 0.15) is 41.8 Å². The van der Waals surface area contributed by atoms with Gasteiger partial charge in [0, 0.05) is 11.1 Å². The standard InChI is InChI=1S/C15H16O3/c1-4-18-15(17)7-5-6-13-8-9-14(12(3)16)11(2)10-13/h8-10H,4,7H2,1-3H3. The van der Waals surface area contributed by atoms with Crippen LogP contribution in [0, 0.1) is 18.8 Å². The van der Waals surface area contributed by atoms with Crippen molar-refractivity contribution in [3.05, 3.63) is 34.9 Å². The van der Waals surface area contributed by atoms with Gasteiger partial charge in [0.1, 0.15) is 6.42 Å². The zero-order chi connectivity index (χ0) is 13.5. The number of carbonyl (C=O) groups is 2. The fourth-order valence-electron chi connectivity index (χ4n) is 1.57. The van der Waals surface area contributed by atoms with E-state index in [2.05, 4.69) is 11.8 Å². The van der Waals surface area contributed by atoms with Crippen LogP contribution in [0.25, 0.3) is 0 Å². The predicted octanol–water partition coefficient (Wildman–Crippen LogP) is 2.50. The molecule has 0 atom stereocenters. The molecule has 0 unspecified atom stereocenters. The summed E-state index contributed by atoms with van der Waals surface area (Å²) in [5, 5.41) is 0. The SMILES string of the molecule is CCOC(=O)CC#Cc1ccc(C(C)=O)c(C)c1. The van der Waals surface area contributed by atoms with E-state index in [-0.39, 0.29) is 18.2 Å². The van der Waals surface area contributed by atoms with Crippen LogP contribution in [-0.2, 0) is 9.53 Å². The summed E-state index contributed by atoms with van der Waals surface area (Å²) in [6, 6.07) is 5.38. The maximum absolute atomic E-state index is 11.3. The average molecular weight is 244 g/mol. The van der Waals surface area contributed by atoms with Gasteiger partial charge >= 0.3 is 5.97 Å². The summed E-state index contributed by atoms with van der Waals surface area (Å²) in [5.74, 6) is 5.35. The highest BCUT2D eigenvalue weighted by Gasteiger charge is 2.03. The molecule has 1 aromatic carbocycles. The van der Waals surface area contributed by atoms with Gasteiger partial charge in [0.15, 0.2) is 5.78 Å². The summed E-state index contributed by atoms with van der Waals surface area (Å²) in [6.07, 6.45) is 0.0847. The van der Waals surface area contributed by atoms with Gasteiger partial charge < -0.3 is 4.74 Å². The van der Waals surface area contributed by atoms with Crippen molar-refractivity contribution in [1.82, 2.24) is 0 Å². The first kappa shape index (κ1) is 14.0. The van der Waals surface area contributed by atoms with Crippen molar-refractivity contribution >= 4 is 11.8 Å². The number of aryl methyl sites for hydroxylation is 1. The lowest BCUT2D eigenvalue weighted by Crippen LogP contribution is -2.01. The van der Waals surface area contributed by atoms with Gasteiger partial charge in [-0.1, -0.05) is 11.8 Å². The van der Waals surface area contributed by atoms with Gasteiger partial charge in [-0.2, -0.15) is 0 Å². The lowest BCUT2D eigenvalue weighted by molar-refractivity contribution is -0.141. The van der Waals surface area contributed by atoms with Crippen molar-refractivity contribution in [3.8, 4) is 11.8 Å². The van der Waals surface area contributed by atoms with E-state index in [1.54, 1.807) is 19.1 Å². The third-order valence-electron chi connectivity index (χ3n) is 2.38. The van der Waals surface area contributed by atoms with E-state index in [0.29, 0.717) is 12.2 Å². The van der Waals surface area contributed by atoms with Gasteiger partial charge in [0.25, 0.3) is 0 Å². The Morgan fingerprint density at radius 2 is 2.06 bits per heavy atom. The molecule has 0 aliphatic carbocycles. The Morgan fingerprint density at radius 3 is 2.61 bits per heavy atom. The topological polar surface area (TPSA) is 43.4 Å². The Bertz CT molecular complexity index is 518. The Hall–Kier alpha value is -2.08. The second-order valence-corrected chi connectivity index (χ2v) is 3.87. The first-order valence-corrected chi connectivity index (χ1v) is 5.80. The summed E-state index contributed by atoms with van der Waals surface area (Å²) in [7, 11) is 0. The second-order valence-electron chi connectivity index (χ2n) is 3.87. The number of Topliss-reactive ketones (excluding diaryl/α,β-unsaturated/α-hetero) is 1. The van der Waals surface area contributed by atoms with Gasteiger partial charge in [-0.3, -0.25) is 9.59 Å². The molecule has 94 valence electrons. The molecule has 3 nitrogen and oxygen atoms in total. The van der Waals surface area contributed by atoms with Crippen LogP contribution in [0.4, 0.5) is 0 Å². The Balaban J connectivity index is 2.75. The number of esters is 1. The third kappa shape index (κ3) is 4.06. The van der Waals surface area contributed by atoms with E-state index in [1.807, 2.05) is 13.0 Å². The zero-order valence-corrected chi connectivity index (χ0v) is 10.9. The maximum atomic E-state index is 11.3. The molecule has 0 heterocycles. The first-order valence-electron chi connectivity index (χ1n) is 5.80. The molecule has 1 rings (SSSR count). The van der Waals surface area contributed by atoms with Crippen molar-refractivity contribution in [1.29, 1.82) is 0 Å². The first-order chi connectivity index (χ1) is 8.54.